The zero-order valence-electron chi connectivity index (χ0n) is 16.6. The number of amides is 3. The summed E-state index contributed by atoms with van der Waals surface area (Å²) in [6.45, 7) is -0.339. The molecular formula is C21H18FIN2O6. The predicted molar refractivity (Wildman–Crippen MR) is 117 cm³/mol. The summed E-state index contributed by atoms with van der Waals surface area (Å²) >= 11 is 2.05. The van der Waals surface area contributed by atoms with E-state index in [1.165, 1.54) is 32.4 Å². The molecule has 1 aliphatic heterocycles. The van der Waals surface area contributed by atoms with Crippen LogP contribution in [-0.4, -0.2) is 43.6 Å². The first-order valence-corrected chi connectivity index (χ1v) is 10.1. The number of carbonyl (C=O) groups is 3. The van der Waals surface area contributed by atoms with Crippen LogP contribution in [0.15, 0.2) is 42.1 Å². The number of rotatable bonds is 7. The second-order valence-electron chi connectivity index (χ2n) is 6.41. The van der Waals surface area contributed by atoms with Gasteiger partial charge in [0.25, 0.3) is 5.91 Å². The first kappa shape index (κ1) is 22.5. The van der Waals surface area contributed by atoms with Gasteiger partial charge in [-0.05, 0) is 64.1 Å². The van der Waals surface area contributed by atoms with Gasteiger partial charge in [0.05, 0.1) is 17.8 Å². The van der Waals surface area contributed by atoms with Crippen molar-refractivity contribution in [1.29, 1.82) is 0 Å². The Morgan fingerprint density at radius 2 is 2.00 bits per heavy atom. The summed E-state index contributed by atoms with van der Waals surface area (Å²) in [6.07, 6.45) is 1.47. The molecule has 1 heterocycles. The molecule has 1 saturated heterocycles. The molecule has 0 aliphatic carbocycles. The van der Waals surface area contributed by atoms with E-state index in [1.54, 1.807) is 24.3 Å². The number of benzene rings is 2. The van der Waals surface area contributed by atoms with Crippen LogP contribution in [0.25, 0.3) is 6.08 Å². The van der Waals surface area contributed by atoms with Gasteiger partial charge in [0.15, 0.2) is 11.5 Å². The highest BCUT2D eigenvalue weighted by molar-refractivity contribution is 14.1. The Morgan fingerprint density at radius 1 is 1.23 bits per heavy atom. The topological polar surface area (TPSA) is 94.2 Å². The van der Waals surface area contributed by atoms with Crippen LogP contribution in [0.5, 0.6) is 11.5 Å². The minimum Gasteiger partial charge on any atom is -0.493 e. The Morgan fingerprint density at radius 3 is 2.68 bits per heavy atom. The van der Waals surface area contributed by atoms with Crippen molar-refractivity contribution < 1.29 is 33.0 Å². The molecule has 10 heteroatoms. The maximum Gasteiger partial charge on any atom is 0.329 e. The van der Waals surface area contributed by atoms with E-state index in [0.717, 1.165) is 4.90 Å². The highest BCUT2D eigenvalue weighted by Gasteiger charge is 2.35. The van der Waals surface area contributed by atoms with Crippen molar-refractivity contribution >= 4 is 46.6 Å². The highest BCUT2D eigenvalue weighted by atomic mass is 127. The quantitative estimate of drug-likeness (QED) is 0.251. The van der Waals surface area contributed by atoms with Crippen molar-refractivity contribution in [3.63, 3.8) is 0 Å². The average molecular weight is 540 g/mol. The molecule has 2 aromatic rings. The van der Waals surface area contributed by atoms with Gasteiger partial charge < -0.3 is 19.5 Å². The van der Waals surface area contributed by atoms with Crippen LogP contribution in [0.3, 0.4) is 0 Å². The van der Waals surface area contributed by atoms with E-state index in [2.05, 4.69) is 32.6 Å². The number of hydrogen-bond donors (Lipinski definition) is 1. The van der Waals surface area contributed by atoms with Gasteiger partial charge in [-0.2, -0.15) is 0 Å². The van der Waals surface area contributed by atoms with E-state index in [-0.39, 0.29) is 18.1 Å². The van der Waals surface area contributed by atoms with Gasteiger partial charge in [-0.1, -0.05) is 12.1 Å². The van der Waals surface area contributed by atoms with Crippen molar-refractivity contribution in [3.8, 4) is 11.5 Å². The van der Waals surface area contributed by atoms with E-state index in [4.69, 9.17) is 9.47 Å². The van der Waals surface area contributed by atoms with Crippen LogP contribution in [0.2, 0.25) is 0 Å². The second kappa shape index (κ2) is 9.77. The molecule has 162 valence electrons. The molecule has 0 atom stereocenters. The summed E-state index contributed by atoms with van der Waals surface area (Å²) in [5, 5.41) is 2.44. The number of urea groups is 1. The van der Waals surface area contributed by atoms with Crippen molar-refractivity contribution in [1.82, 2.24) is 10.2 Å². The van der Waals surface area contributed by atoms with Crippen molar-refractivity contribution in [2.45, 2.75) is 6.61 Å². The lowest BCUT2D eigenvalue weighted by Crippen LogP contribution is -2.36. The summed E-state index contributed by atoms with van der Waals surface area (Å²) in [5.74, 6) is -0.840. The molecule has 0 spiro atoms. The zero-order chi connectivity index (χ0) is 22.5. The third-order valence-electron chi connectivity index (χ3n) is 4.31. The van der Waals surface area contributed by atoms with E-state index >= 15 is 0 Å². The summed E-state index contributed by atoms with van der Waals surface area (Å²) in [5.41, 5.74) is 1.25. The molecule has 0 unspecified atom stereocenters. The van der Waals surface area contributed by atoms with Gasteiger partial charge in [-0.15, -0.1) is 0 Å². The van der Waals surface area contributed by atoms with Crippen molar-refractivity contribution in [2.24, 2.45) is 0 Å². The average Bonchev–Trinajstić information content (AvgIpc) is 2.99. The normalized spacial score (nSPS) is 14.6. The van der Waals surface area contributed by atoms with E-state index in [1.807, 2.05) is 0 Å². The Bertz CT molecular complexity index is 1070. The smallest absolute Gasteiger partial charge is 0.329 e. The predicted octanol–water partition coefficient (Wildman–Crippen LogP) is 3.08. The lowest BCUT2D eigenvalue weighted by Gasteiger charge is -2.14. The highest BCUT2D eigenvalue weighted by Crippen LogP contribution is 2.35. The van der Waals surface area contributed by atoms with E-state index < -0.39 is 24.5 Å². The minimum atomic E-state index is -0.710. The molecule has 1 fully saturated rings. The van der Waals surface area contributed by atoms with Crippen molar-refractivity contribution in [3.05, 3.63) is 62.6 Å². The number of carbonyl (C=O) groups excluding carboxylic acids is 3. The Balaban J connectivity index is 1.81. The van der Waals surface area contributed by atoms with E-state index in [0.29, 0.717) is 26.2 Å². The SMILES string of the molecule is COC(=O)CN1C(=O)N/C(=C/c2cc(I)c(OCc3cccc(F)c3)c(OC)c2)C1=O. The van der Waals surface area contributed by atoms with Gasteiger partial charge in [0.2, 0.25) is 0 Å². The summed E-state index contributed by atoms with van der Waals surface area (Å²) in [4.78, 5) is 36.6. The molecule has 0 radical (unpaired) electrons. The fraction of sp³-hybridized carbons (Fsp3) is 0.190. The Hall–Kier alpha value is -3.15. The molecule has 0 saturated carbocycles. The van der Waals surface area contributed by atoms with Gasteiger partial charge >= 0.3 is 12.0 Å². The number of methoxy groups -OCH3 is 2. The fourth-order valence-corrected chi connectivity index (χ4v) is 3.60. The first-order chi connectivity index (χ1) is 14.8. The van der Waals surface area contributed by atoms with E-state index in [9.17, 15) is 18.8 Å². The summed E-state index contributed by atoms with van der Waals surface area (Å²) in [7, 11) is 2.64. The molecule has 2 aromatic carbocycles. The fourth-order valence-electron chi connectivity index (χ4n) is 2.82. The third kappa shape index (κ3) is 5.32. The number of hydrogen-bond acceptors (Lipinski definition) is 6. The summed E-state index contributed by atoms with van der Waals surface area (Å²) in [6, 6.07) is 8.74. The van der Waals surface area contributed by atoms with Gasteiger partial charge in [-0.3, -0.25) is 9.59 Å². The largest absolute Gasteiger partial charge is 0.493 e. The third-order valence-corrected chi connectivity index (χ3v) is 5.11. The molecular weight excluding hydrogens is 522 g/mol. The maximum atomic E-state index is 13.4. The lowest BCUT2D eigenvalue weighted by molar-refractivity contribution is -0.143. The van der Waals surface area contributed by atoms with Crippen molar-refractivity contribution in [2.75, 3.05) is 20.8 Å². The van der Waals surface area contributed by atoms with Crippen LogP contribution < -0.4 is 14.8 Å². The number of halogens is 2. The molecule has 3 rings (SSSR count). The van der Waals surface area contributed by atoms with Crippen LogP contribution in [0, 0.1) is 9.39 Å². The number of nitrogens with one attached hydrogen (secondary N) is 1. The van der Waals surface area contributed by atoms with Crippen LogP contribution in [0.4, 0.5) is 9.18 Å². The molecule has 0 aromatic heterocycles. The minimum absolute atomic E-state index is 0.0141. The van der Waals surface area contributed by atoms with Gasteiger partial charge in [0.1, 0.15) is 24.7 Å². The molecule has 1 N–H and O–H groups in total. The van der Waals surface area contributed by atoms with Crippen LogP contribution >= 0.6 is 22.6 Å². The molecule has 8 nitrogen and oxygen atoms in total. The second-order valence-corrected chi connectivity index (χ2v) is 7.57. The molecule has 1 aliphatic rings. The molecule has 0 bridgehead atoms. The number of esters is 1. The monoisotopic (exact) mass is 540 g/mol. The first-order valence-electron chi connectivity index (χ1n) is 8.98. The Kier molecular flexibility index (Phi) is 7.10. The number of imide groups is 1. The molecule has 3 amide bonds. The van der Waals surface area contributed by atoms with Gasteiger partial charge in [0, 0.05) is 0 Å². The van der Waals surface area contributed by atoms with Crippen LogP contribution in [-0.2, 0) is 20.9 Å². The van der Waals surface area contributed by atoms with Gasteiger partial charge in [-0.25, -0.2) is 14.1 Å². The number of ether oxygens (including phenoxy) is 3. The maximum absolute atomic E-state index is 13.4. The summed E-state index contributed by atoms with van der Waals surface area (Å²) < 4.78 is 29.8. The number of nitrogens with zero attached hydrogens (tertiary/aromatic N) is 1. The molecule has 31 heavy (non-hydrogen) atoms. The Labute approximate surface area is 191 Å². The lowest BCUT2D eigenvalue weighted by atomic mass is 10.1. The van der Waals surface area contributed by atoms with Crippen LogP contribution in [0.1, 0.15) is 11.1 Å². The standard InChI is InChI=1S/C21H18FIN2O6/c1-29-17-9-13(8-16-20(27)25(21(28)24-16)10-18(26)30-2)7-15(23)19(17)31-11-12-4-3-5-14(22)6-12/h3-9H,10-11H2,1-2H3,(H,24,28)/b16-8+. The zero-order valence-corrected chi connectivity index (χ0v) is 18.8.